The molecule has 1 fully saturated rings. The zero-order chi connectivity index (χ0) is 24.7. The fraction of sp³-hybridized carbons (Fsp3) is 0.440. The minimum Gasteiger partial charge on any atom is -0.359 e. The van der Waals surface area contributed by atoms with Gasteiger partial charge < -0.3 is 15.6 Å². The van der Waals surface area contributed by atoms with Crippen LogP contribution in [-0.2, 0) is 22.0 Å². The molecule has 9 heteroatoms. The fourth-order valence-electron chi connectivity index (χ4n) is 4.14. The Labute approximate surface area is 202 Å². The predicted molar refractivity (Wildman–Crippen MR) is 137 cm³/mol. The number of H-pyrrole nitrogens is 1. The standard InChI is InChI=1S/C25H34N6O2S/c1-17-11-20(17)16-30(3)22-12-19(13-23(29-22)31(4)34(5,32)33)21-15-27-24(28-21)25(2,26)14-18-9-7-6-8-10-18/h6-10,12-13,15,17,20H,11,14,16,26H2,1-5H3,(H,27,28)/t17?,20?,25-/m1/s1. The van der Waals surface area contributed by atoms with Gasteiger partial charge in [-0.3, -0.25) is 4.31 Å². The van der Waals surface area contributed by atoms with E-state index in [1.807, 2.05) is 50.4 Å². The molecule has 1 aliphatic rings. The van der Waals surface area contributed by atoms with Gasteiger partial charge in [0.05, 0.1) is 23.7 Å². The number of nitrogens with one attached hydrogen (secondary N) is 1. The number of hydrogen-bond donors (Lipinski definition) is 2. The topological polar surface area (TPSA) is 108 Å². The molecule has 2 unspecified atom stereocenters. The second-order valence-corrected chi connectivity index (χ2v) is 11.9. The first kappa shape index (κ1) is 24.2. The van der Waals surface area contributed by atoms with Crippen LogP contribution in [0.1, 0.15) is 31.7 Å². The minimum absolute atomic E-state index is 0.363. The molecule has 2 aromatic heterocycles. The van der Waals surface area contributed by atoms with Crippen molar-refractivity contribution in [2.45, 2.75) is 32.2 Å². The summed E-state index contributed by atoms with van der Waals surface area (Å²) in [5.41, 5.74) is 8.65. The third-order valence-electron chi connectivity index (χ3n) is 6.64. The van der Waals surface area contributed by atoms with Crippen molar-refractivity contribution in [2.24, 2.45) is 17.6 Å². The van der Waals surface area contributed by atoms with Crippen molar-refractivity contribution < 1.29 is 8.42 Å². The third kappa shape index (κ3) is 5.42. The van der Waals surface area contributed by atoms with Crippen molar-refractivity contribution in [3.8, 4) is 11.3 Å². The highest BCUT2D eigenvalue weighted by molar-refractivity contribution is 7.92. The number of imidazole rings is 1. The number of anilines is 2. The van der Waals surface area contributed by atoms with E-state index in [1.54, 1.807) is 12.3 Å². The lowest BCUT2D eigenvalue weighted by Gasteiger charge is -2.23. The van der Waals surface area contributed by atoms with Gasteiger partial charge in [-0.2, -0.15) is 0 Å². The molecule has 0 aliphatic heterocycles. The maximum Gasteiger partial charge on any atom is 0.233 e. The Morgan fingerprint density at radius 1 is 1.18 bits per heavy atom. The zero-order valence-corrected chi connectivity index (χ0v) is 21.3. The highest BCUT2D eigenvalue weighted by atomic mass is 32.2. The quantitative estimate of drug-likeness (QED) is 0.484. The number of nitrogens with zero attached hydrogens (tertiary/aromatic N) is 4. The molecule has 0 amide bonds. The number of benzene rings is 1. The maximum atomic E-state index is 12.2. The van der Waals surface area contributed by atoms with Crippen LogP contribution in [0.2, 0.25) is 0 Å². The number of pyridine rings is 1. The van der Waals surface area contributed by atoms with Gasteiger partial charge in [0.25, 0.3) is 0 Å². The van der Waals surface area contributed by atoms with Crippen LogP contribution in [0.15, 0.2) is 48.7 Å². The van der Waals surface area contributed by atoms with Gasteiger partial charge in [0.1, 0.15) is 17.5 Å². The Hall–Kier alpha value is -2.91. The summed E-state index contributed by atoms with van der Waals surface area (Å²) < 4.78 is 25.7. The van der Waals surface area contributed by atoms with Gasteiger partial charge in [-0.25, -0.2) is 18.4 Å². The average molecular weight is 483 g/mol. The van der Waals surface area contributed by atoms with Crippen molar-refractivity contribution in [2.75, 3.05) is 36.1 Å². The van der Waals surface area contributed by atoms with Crippen molar-refractivity contribution in [3.05, 3.63) is 60.0 Å². The number of sulfonamides is 1. The summed E-state index contributed by atoms with van der Waals surface area (Å²) in [7, 11) is 0.0509. The first-order valence-electron chi connectivity index (χ1n) is 11.5. The van der Waals surface area contributed by atoms with E-state index in [9.17, 15) is 8.42 Å². The molecule has 8 nitrogen and oxygen atoms in total. The lowest BCUT2D eigenvalue weighted by Crippen LogP contribution is -2.36. The van der Waals surface area contributed by atoms with Crippen LogP contribution in [0.5, 0.6) is 0 Å². The van der Waals surface area contributed by atoms with Gasteiger partial charge in [-0.05, 0) is 49.3 Å². The normalized spacial score (nSPS) is 19.5. The molecular formula is C25H34N6O2S. The molecule has 1 aliphatic carbocycles. The van der Waals surface area contributed by atoms with Gasteiger partial charge in [0.2, 0.25) is 10.0 Å². The smallest absolute Gasteiger partial charge is 0.233 e. The SMILES string of the molecule is CC1CC1CN(C)c1cc(-c2cnc([C@](C)(N)Cc3ccccc3)[nH]2)cc(N(C)S(C)(=O)=O)n1. The molecule has 3 N–H and O–H groups in total. The maximum absolute atomic E-state index is 12.2. The molecule has 3 aromatic rings. The Kier molecular flexibility index (Phi) is 6.44. The zero-order valence-electron chi connectivity index (χ0n) is 20.5. The van der Waals surface area contributed by atoms with Crippen LogP contribution in [0.3, 0.4) is 0 Å². The summed E-state index contributed by atoms with van der Waals surface area (Å²) in [5.74, 6) is 3.11. The summed E-state index contributed by atoms with van der Waals surface area (Å²) in [4.78, 5) is 14.7. The average Bonchev–Trinajstić information content (AvgIpc) is 3.25. The van der Waals surface area contributed by atoms with Crippen molar-refractivity contribution in [1.82, 2.24) is 15.0 Å². The Morgan fingerprint density at radius 2 is 1.82 bits per heavy atom. The third-order valence-corrected chi connectivity index (χ3v) is 7.82. The van der Waals surface area contributed by atoms with E-state index in [0.29, 0.717) is 29.9 Å². The van der Waals surface area contributed by atoms with Gasteiger partial charge in [0, 0.05) is 26.2 Å². The molecular weight excluding hydrogens is 448 g/mol. The minimum atomic E-state index is -3.46. The van der Waals surface area contributed by atoms with Crippen LogP contribution < -0.4 is 14.9 Å². The van der Waals surface area contributed by atoms with E-state index in [1.165, 1.54) is 24.0 Å². The summed E-state index contributed by atoms with van der Waals surface area (Å²) in [5, 5.41) is 0. The molecule has 182 valence electrons. The summed E-state index contributed by atoms with van der Waals surface area (Å²) >= 11 is 0. The summed E-state index contributed by atoms with van der Waals surface area (Å²) in [6.45, 7) is 5.08. The first-order valence-corrected chi connectivity index (χ1v) is 13.3. The van der Waals surface area contributed by atoms with Crippen molar-refractivity contribution in [3.63, 3.8) is 0 Å². The number of rotatable bonds is 9. The number of nitrogens with two attached hydrogens (primary N) is 1. The van der Waals surface area contributed by atoms with E-state index >= 15 is 0 Å². The number of hydrogen-bond acceptors (Lipinski definition) is 6. The van der Waals surface area contributed by atoms with E-state index in [4.69, 9.17) is 5.73 Å². The second-order valence-electron chi connectivity index (χ2n) is 9.88. The largest absolute Gasteiger partial charge is 0.359 e. The van der Waals surface area contributed by atoms with E-state index in [0.717, 1.165) is 29.2 Å². The van der Waals surface area contributed by atoms with Crippen LogP contribution >= 0.6 is 0 Å². The second kappa shape index (κ2) is 9.03. The number of aromatic nitrogens is 3. The molecule has 2 heterocycles. The van der Waals surface area contributed by atoms with Crippen LogP contribution in [0.25, 0.3) is 11.3 Å². The van der Waals surface area contributed by atoms with Crippen molar-refractivity contribution >= 4 is 21.7 Å². The van der Waals surface area contributed by atoms with Crippen LogP contribution in [0, 0.1) is 11.8 Å². The summed E-state index contributed by atoms with van der Waals surface area (Å²) in [6.07, 6.45) is 4.76. The van der Waals surface area contributed by atoms with E-state index in [2.05, 4.69) is 26.8 Å². The molecule has 0 spiro atoms. The fourth-order valence-corrected chi connectivity index (χ4v) is 4.58. The molecule has 4 rings (SSSR count). The number of aromatic amines is 1. The molecule has 0 saturated heterocycles. The molecule has 3 atom stereocenters. The van der Waals surface area contributed by atoms with Gasteiger partial charge >= 0.3 is 0 Å². The monoisotopic (exact) mass is 482 g/mol. The Morgan fingerprint density at radius 3 is 2.44 bits per heavy atom. The van der Waals surface area contributed by atoms with Crippen LogP contribution in [-0.4, -0.2) is 50.3 Å². The van der Waals surface area contributed by atoms with Crippen LogP contribution in [0.4, 0.5) is 11.6 Å². The molecule has 0 radical (unpaired) electrons. The van der Waals surface area contributed by atoms with Gasteiger partial charge in [0.15, 0.2) is 0 Å². The predicted octanol–water partition coefficient (Wildman–Crippen LogP) is 3.38. The highest BCUT2D eigenvalue weighted by Crippen LogP contribution is 2.39. The highest BCUT2D eigenvalue weighted by Gasteiger charge is 2.33. The Bertz CT molecular complexity index is 1260. The van der Waals surface area contributed by atoms with E-state index < -0.39 is 15.6 Å². The molecule has 1 saturated carbocycles. The lowest BCUT2D eigenvalue weighted by molar-refractivity contribution is 0.463. The lowest BCUT2D eigenvalue weighted by atomic mass is 9.93. The first-order chi connectivity index (χ1) is 15.9. The summed E-state index contributed by atoms with van der Waals surface area (Å²) in [6, 6.07) is 13.8. The molecule has 1 aromatic carbocycles. The molecule has 0 bridgehead atoms. The van der Waals surface area contributed by atoms with Crippen molar-refractivity contribution in [1.29, 1.82) is 0 Å². The Balaban J connectivity index is 1.67. The molecule has 34 heavy (non-hydrogen) atoms. The van der Waals surface area contributed by atoms with Gasteiger partial charge in [-0.1, -0.05) is 37.3 Å². The van der Waals surface area contributed by atoms with E-state index in [-0.39, 0.29) is 0 Å². The van der Waals surface area contributed by atoms with Gasteiger partial charge in [-0.15, -0.1) is 0 Å².